The van der Waals surface area contributed by atoms with Crippen LogP contribution in [0.25, 0.3) is 0 Å². The van der Waals surface area contributed by atoms with Crippen LogP contribution in [0, 0.1) is 0 Å². The second-order valence-corrected chi connectivity index (χ2v) is 3.67. The average molecular weight is 229 g/mol. The van der Waals surface area contributed by atoms with Gasteiger partial charge in [0.15, 0.2) is 0 Å². The second kappa shape index (κ2) is 5.45. The normalized spacial score (nSPS) is 18.1. The molecule has 1 atom stereocenters. The molecule has 0 aromatic carbocycles. The molecule has 1 saturated heterocycles. The third kappa shape index (κ3) is 3.20. The average Bonchev–Trinajstić information content (AvgIpc) is 2.27. The van der Waals surface area contributed by atoms with Crippen LogP contribution in [0.3, 0.4) is 0 Å². The number of carbonyl (C=O) groups is 3. The highest BCUT2D eigenvalue weighted by molar-refractivity contribution is 5.86. The van der Waals surface area contributed by atoms with Crippen molar-refractivity contribution < 1.29 is 19.5 Å². The van der Waals surface area contributed by atoms with Crippen molar-refractivity contribution in [3.63, 3.8) is 0 Å². The number of aliphatic carboxylic acids is 1. The lowest BCUT2D eigenvalue weighted by Gasteiger charge is -2.33. The molecule has 1 aliphatic rings. The van der Waals surface area contributed by atoms with Gasteiger partial charge in [-0.25, -0.2) is 0 Å². The van der Waals surface area contributed by atoms with E-state index in [2.05, 4.69) is 0 Å². The van der Waals surface area contributed by atoms with Gasteiger partial charge in [0, 0.05) is 26.2 Å². The van der Waals surface area contributed by atoms with E-state index in [1.165, 1.54) is 4.90 Å². The van der Waals surface area contributed by atoms with Gasteiger partial charge in [-0.2, -0.15) is 0 Å². The van der Waals surface area contributed by atoms with Crippen LogP contribution in [0.5, 0.6) is 0 Å². The first kappa shape index (κ1) is 12.4. The van der Waals surface area contributed by atoms with Gasteiger partial charge in [-0.05, 0) is 0 Å². The smallest absolute Gasteiger partial charge is 0.305 e. The van der Waals surface area contributed by atoms with E-state index >= 15 is 0 Å². The van der Waals surface area contributed by atoms with Gasteiger partial charge >= 0.3 is 5.97 Å². The number of hydrogen-bond acceptors (Lipinski definition) is 4. The highest BCUT2D eigenvalue weighted by atomic mass is 16.4. The van der Waals surface area contributed by atoms with Crippen molar-refractivity contribution in [2.75, 3.05) is 26.2 Å². The Kier molecular flexibility index (Phi) is 4.24. The number of amides is 2. The molecule has 0 aliphatic carbocycles. The minimum atomic E-state index is -1.09. The molecule has 0 saturated carbocycles. The van der Waals surface area contributed by atoms with Gasteiger partial charge in [0.1, 0.15) is 0 Å². The third-order valence-electron chi connectivity index (χ3n) is 2.49. The van der Waals surface area contributed by atoms with Crippen molar-refractivity contribution in [3.05, 3.63) is 0 Å². The summed E-state index contributed by atoms with van der Waals surface area (Å²) in [7, 11) is 0. The number of hydrogen-bond donors (Lipinski definition) is 2. The molecular weight excluding hydrogens is 214 g/mol. The van der Waals surface area contributed by atoms with E-state index in [0.717, 1.165) is 6.41 Å². The molecule has 0 spiro atoms. The van der Waals surface area contributed by atoms with Crippen LogP contribution in [0.15, 0.2) is 0 Å². The zero-order chi connectivity index (χ0) is 12.1. The summed E-state index contributed by atoms with van der Waals surface area (Å²) >= 11 is 0. The number of carboxylic acids is 1. The summed E-state index contributed by atoms with van der Waals surface area (Å²) in [5.41, 5.74) is 5.46. The predicted octanol–water partition coefficient (Wildman–Crippen LogP) is -1.91. The molecule has 90 valence electrons. The molecule has 7 heteroatoms. The predicted molar refractivity (Wildman–Crippen MR) is 54.4 cm³/mol. The van der Waals surface area contributed by atoms with Gasteiger partial charge in [-0.3, -0.25) is 14.4 Å². The highest BCUT2D eigenvalue weighted by Gasteiger charge is 2.25. The van der Waals surface area contributed by atoms with Crippen LogP contribution < -0.4 is 5.73 Å². The number of carbonyl (C=O) groups excluding carboxylic acids is 2. The van der Waals surface area contributed by atoms with Crippen molar-refractivity contribution in [2.45, 2.75) is 12.5 Å². The van der Waals surface area contributed by atoms with Gasteiger partial charge < -0.3 is 20.6 Å². The topological polar surface area (TPSA) is 104 Å². The molecule has 1 aliphatic heterocycles. The van der Waals surface area contributed by atoms with E-state index < -0.39 is 12.0 Å². The Morgan fingerprint density at radius 1 is 1.31 bits per heavy atom. The van der Waals surface area contributed by atoms with E-state index in [9.17, 15) is 14.4 Å². The number of piperazine rings is 1. The molecule has 1 rings (SSSR count). The van der Waals surface area contributed by atoms with Crippen molar-refractivity contribution in [2.24, 2.45) is 5.73 Å². The fraction of sp³-hybridized carbons (Fsp3) is 0.667. The Morgan fingerprint density at radius 3 is 2.31 bits per heavy atom. The summed E-state index contributed by atoms with van der Waals surface area (Å²) in [5, 5.41) is 8.51. The molecule has 1 unspecified atom stereocenters. The maximum absolute atomic E-state index is 11.7. The van der Waals surface area contributed by atoms with Gasteiger partial charge in [-0.15, -0.1) is 0 Å². The lowest BCUT2D eigenvalue weighted by Crippen LogP contribution is -2.53. The number of nitrogens with zero attached hydrogens (tertiary/aromatic N) is 2. The molecule has 7 nitrogen and oxygen atoms in total. The van der Waals surface area contributed by atoms with E-state index in [0.29, 0.717) is 26.2 Å². The third-order valence-corrected chi connectivity index (χ3v) is 2.49. The Balaban J connectivity index is 2.43. The molecule has 16 heavy (non-hydrogen) atoms. The highest BCUT2D eigenvalue weighted by Crippen LogP contribution is 2.03. The summed E-state index contributed by atoms with van der Waals surface area (Å²) in [6.07, 6.45) is 0.367. The summed E-state index contributed by atoms with van der Waals surface area (Å²) in [4.78, 5) is 35.5. The quantitative estimate of drug-likeness (QED) is 0.547. The van der Waals surface area contributed by atoms with Crippen LogP contribution in [-0.4, -0.2) is 65.4 Å². The first-order chi connectivity index (χ1) is 7.54. The summed E-state index contributed by atoms with van der Waals surface area (Å²) in [6, 6.07) is -1.000. The molecule has 0 aromatic heterocycles. The van der Waals surface area contributed by atoms with Crippen LogP contribution in [-0.2, 0) is 14.4 Å². The van der Waals surface area contributed by atoms with Crippen molar-refractivity contribution >= 4 is 18.3 Å². The molecule has 0 aromatic rings. The van der Waals surface area contributed by atoms with E-state index in [4.69, 9.17) is 10.8 Å². The van der Waals surface area contributed by atoms with Crippen LogP contribution >= 0.6 is 0 Å². The van der Waals surface area contributed by atoms with Gasteiger partial charge in [-0.1, -0.05) is 0 Å². The van der Waals surface area contributed by atoms with E-state index in [1.807, 2.05) is 0 Å². The Hall–Kier alpha value is -1.63. The van der Waals surface area contributed by atoms with Gasteiger partial charge in [0.2, 0.25) is 12.3 Å². The minimum absolute atomic E-state index is 0.368. The first-order valence-electron chi connectivity index (χ1n) is 5.00. The van der Waals surface area contributed by atoms with Crippen LogP contribution in [0.4, 0.5) is 0 Å². The lowest BCUT2D eigenvalue weighted by atomic mass is 10.2. The number of rotatable bonds is 4. The molecule has 3 N–H and O–H groups in total. The molecular formula is C9H15N3O4. The van der Waals surface area contributed by atoms with Crippen LogP contribution in [0.2, 0.25) is 0 Å². The SMILES string of the molecule is NC(CC(=O)O)C(=O)N1CCN(C=O)CC1. The van der Waals surface area contributed by atoms with Gasteiger partial charge in [0.25, 0.3) is 0 Å². The largest absolute Gasteiger partial charge is 0.481 e. The summed E-state index contributed by atoms with van der Waals surface area (Å²) in [6.45, 7) is 1.75. The Morgan fingerprint density at radius 2 is 1.88 bits per heavy atom. The molecule has 1 fully saturated rings. The van der Waals surface area contributed by atoms with Crippen molar-refractivity contribution in [1.82, 2.24) is 9.80 Å². The summed E-state index contributed by atoms with van der Waals surface area (Å²) < 4.78 is 0. The van der Waals surface area contributed by atoms with Crippen molar-refractivity contribution in [3.8, 4) is 0 Å². The summed E-state index contributed by atoms with van der Waals surface area (Å²) in [5.74, 6) is -1.46. The first-order valence-corrected chi connectivity index (χ1v) is 5.00. The fourth-order valence-electron chi connectivity index (χ4n) is 1.56. The Bertz CT molecular complexity index is 286. The molecule has 0 bridgehead atoms. The zero-order valence-corrected chi connectivity index (χ0v) is 8.83. The Labute approximate surface area is 92.8 Å². The second-order valence-electron chi connectivity index (χ2n) is 3.67. The standard InChI is InChI=1S/C9H15N3O4/c10-7(5-8(14)15)9(16)12-3-1-11(6-13)2-4-12/h6-7H,1-5,10H2,(H,14,15). The van der Waals surface area contributed by atoms with E-state index in [1.54, 1.807) is 4.90 Å². The lowest BCUT2D eigenvalue weighted by molar-refractivity contribution is -0.143. The van der Waals surface area contributed by atoms with Crippen molar-refractivity contribution in [1.29, 1.82) is 0 Å². The number of nitrogens with two attached hydrogens (primary N) is 1. The van der Waals surface area contributed by atoms with Gasteiger partial charge in [0.05, 0.1) is 12.5 Å². The molecule has 2 amide bonds. The van der Waals surface area contributed by atoms with E-state index in [-0.39, 0.29) is 12.3 Å². The monoisotopic (exact) mass is 229 g/mol. The maximum Gasteiger partial charge on any atom is 0.305 e. The van der Waals surface area contributed by atoms with Crippen LogP contribution in [0.1, 0.15) is 6.42 Å². The fourth-order valence-corrected chi connectivity index (χ4v) is 1.56. The minimum Gasteiger partial charge on any atom is -0.481 e. The zero-order valence-electron chi connectivity index (χ0n) is 8.83. The molecule has 0 radical (unpaired) electrons. The maximum atomic E-state index is 11.7. The number of carboxylic acid groups (broad SMARTS) is 1. The molecule has 1 heterocycles.